The van der Waals surface area contributed by atoms with Crippen LogP contribution in [-0.4, -0.2) is 5.75 Å². The molecule has 0 atom stereocenters. The van der Waals surface area contributed by atoms with Crippen LogP contribution < -0.4 is 0 Å². The van der Waals surface area contributed by atoms with E-state index in [0.29, 0.717) is 30.2 Å². The third-order valence-corrected chi connectivity index (χ3v) is 2.22. The summed E-state index contributed by atoms with van der Waals surface area (Å²) in [7, 11) is 0. The van der Waals surface area contributed by atoms with Crippen molar-refractivity contribution in [1.82, 2.24) is 0 Å². The number of hydrogen-bond acceptors (Lipinski definition) is 1. The van der Waals surface area contributed by atoms with Crippen LogP contribution in [0.25, 0.3) is 0 Å². The highest BCUT2D eigenvalue weighted by molar-refractivity contribution is 7.80. The molecule has 0 nitrogen and oxygen atoms in total. The fourth-order valence-electron chi connectivity index (χ4n) is 1.24. The zero-order chi connectivity index (χ0) is 11.5. The number of thiol groups is 1. The maximum Gasteiger partial charge on any atom is 0.416 e. The molecule has 84 valence electrons. The van der Waals surface area contributed by atoms with Gasteiger partial charge in [-0.15, -0.1) is 0 Å². The molecule has 0 unspecified atom stereocenters. The molecule has 0 bridgehead atoms. The first-order valence-corrected chi connectivity index (χ1v) is 5.04. The lowest BCUT2D eigenvalue weighted by molar-refractivity contribution is -0.137. The van der Waals surface area contributed by atoms with E-state index in [-0.39, 0.29) is 0 Å². The van der Waals surface area contributed by atoms with Crippen LogP contribution in [0.4, 0.5) is 17.6 Å². The third kappa shape index (κ3) is 3.74. The van der Waals surface area contributed by atoms with Crippen molar-refractivity contribution in [3.63, 3.8) is 0 Å². The number of benzene rings is 1. The summed E-state index contributed by atoms with van der Waals surface area (Å²) in [5, 5.41) is 0. The Morgan fingerprint density at radius 3 is 2.33 bits per heavy atom. The number of hydrogen-bond donors (Lipinski definition) is 1. The van der Waals surface area contributed by atoms with Gasteiger partial charge < -0.3 is 0 Å². The van der Waals surface area contributed by atoms with Crippen molar-refractivity contribution < 1.29 is 17.6 Å². The number of aryl methyl sites for hydroxylation is 1. The van der Waals surface area contributed by atoms with Crippen LogP contribution in [0.2, 0.25) is 0 Å². The van der Waals surface area contributed by atoms with Crippen LogP contribution in [0.5, 0.6) is 0 Å². The summed E-state index contributed by atoms with van der Waals surface area (Å²) in [6.45, 7) is 0. The lowest BCUT2D eigenvalue weighted by atomic mass is 10.1. The molecule has 0 saturated heterocycles. The summed E-state index contributed by atoms with van der Waals surface area (Å²) in [4.78, 5) is 0. The van der Waals surface area contributed by atoms with Gasteiger partial charge in [-0.2, -0.15) is 25.8 Å². The fourth-order valence-corrected chi connectivity index (χ4v) is 1.40. The summed E-state index contributed by atoms with van der Waals surface area (Å²) in [6.07, 6.45) is -3.45. The average molecular weight is 238 g/mol. The Hall–Kier alpha value is -0.710. The molecule has 1 rings (SSSR count). The molecule has 0 radical (unpaired) electrons. The van der Waals surface area contributed by atoms with Crippen molar-refractivity contribution in [3.8, 4) is 0 Å². The van der Waals surface area contributed by atoms with Crippen LogP contribution in [0.3, 0.4) is 0 Å². The molecule has 0 aliphatic heterocycles. The number of rotatable bonds is 3. The van der Waals surface area contributed by atoms with Crippen molar-refractivity contribution in [3.05, 3.63) is 35.1 Å². The summed E-state index contributed by atoms with van der Waals surface area (Å²) < 4.78 is 49.7. The Morgan fingerprint density at radius 2 is 1.80 bits per heavy atom. The van der Waals surface area contributed by atoms with E-state index in [4.69, 9.17) is 0 Å². The van der Waals surface area contributed by atoms with Crippen LogP contribution in [0, 0.1) is 5.82 Å². The molecule has 1 aromatic rings. The van der Waals surface area contributed by atoms with E-state index in [1.165, 1.54) is 0 Å². The van der Waals surface area contributed by atoms with Gasteiger partial charge in [0, 0.05) is 0 Å². The van der Waals surface area contributed by atoms with E-state index >= 15 is 0 Å². The van der Waals surface area contributed by atoms with E-state index in [9.17, 15) is 17.6 Å². The molecule has 0 aromatic heterocycles. The molecule has 0 amide bonds. The second-order valence-electron chi connectivity index (χ2n) is 3.17. The van der Waals surface area contributed by atoms with Crippen molar-refractivity contribution in [1.29, 1.82) is 0 Å². The Morgan fingerprint density at radius 1 is 1.13 bits per heavy atom. The largest absolute Gasteiger partial charge is 0.416 e. The van der Waals surface area contributed by atoms with Crippen LogP contribution in [-0.2, 0) is 12.6 Å². The van der Waals surface area contributed by atoms with Crippen LogP contribution in [0.15, 0.2) is 18.2 Å². The van der Waals surface area contributed by atoms with E-state index in [1.807, 2.05) is 0 Å². The molecule has 0 saturated carbocycles. The summed E-state index contributed by atoms with van der Waals surface area (Å²) in [5.41, 5.74) is -0.576. The standard InChI is InChI=1S/C10H10F4S/c11-9-5-7(2-1-3-15)4-8(6-9)10(12,13)14/h4-6,15H,1-3H2. The first kappa shape index (κ1) is 12.4. The normalized spacial score (nSPS) is 11.8. The Bertz CT molecular complexity index is 333. The van der Waals surface area contributed by atoms with Gasteiger partial charge in [-0.3, -0.25) is 0 Å². The molecule has 0 aliphatic rings. The van der Waals surface area contributed by atoms with Crippen LogP contribution in [0.1, 0.15) is 17.5 Å². The minimum atomic E-state index is -4.49. The zero-order valence-electron chi connectivity index (χ0n) is 7.81. The number of alkyl halides is 3. The second kappa shape index (κ2) is 4.88. The van der Waals surface area contributed by atoms with E-state index < -0.39 is 17.6 Å². The smallest absolute Gasteiger partial charge is 0.207 e. The van der Waals surface area contributed by atoms with E-state index in [1.54, 1.807) is 0 Å². The monoisotopic (exact) mass is 238 g/mol. The predicted octanol–water partition coefficient (Wildman–Crippen LogP) is 3.71. The maximum atomic E-state index is 12.9. The van der Waals surface area contributed by atoms with Gasteiger partial charge in [-0.25, -0.2) is 4.39 Å². The lowest BCUT2D eigenvalue weighted by Gasteiger charge is -2.09. The quantitative estimate of drug-likeness (QED) is 0.602. The maximum absolute atomic E-state index is 12.9. The molecule has 0 spiro atoms. The van der Waals surface area contributed by atoms with Crippen molar-refractivity contribution >= 4 is 12.6 Å². The first-order chi connectivity index (χ1) is 6.93. The molecule has 0 aliphatic carbocycles. The summed E-state index contributed by atoms with van der Waals surface area (Å²) in [6, 6.07) is 2.61. The minimum absolute atomic E-state index is 0.358. The van der Waals surface area contributed by atoms with Gasteiger partial charge in [0.05, 0.1) is 5.56 Å². The first-order valence-electron chi connectivity index (χ1n) is 4.41. The van der Waals surface area contributed by atoms with Gasteiger partial charge in [-0.05, 0) is 42.4 Å². The highest BCUT2D eigenvalue weighted by Crippen LogP contribution is 2.30. The van der Waals surface area contributed by atoms with Gasteiger partial charge in [0.25, 0.3) is 0 Å². The highest BCUT2D eigenvalue weighted by Gasteiger charge is 2.31. The Labute approximate surface area is 90.7 Å². The van der Waals surface area contributed by atoms with E-state index in [0.717, 1.165) is 12.1 Å². The predicted molar refractivity (Wildman–Crippen MR) is 53.6 cm³/mol. The van der Waals surface area contributed by atoms with Gasteiger partial charge in [0.2, 0.25) is 0 Å². The molecule has 0 N–H and O–H groups in total. The molecule has 0 heterocycles. The van der Waals surface area contributed by atoms with Crippen LogP contribution >= 0.6 is 12.6 Å². The summed E-state index contributed by atoms with van der Waals surface area (Å²) >= 11 is 3.94. The van der Waals surface area contributed by atoms with Crippen molar-refractivity contribution in [2.24, 2.45) is 0 Å². The average Bonchev–Trinajstić information content (AvgIpc) is 2.12. The second-order valence-corrected chi connectivity index (χ2v) is 3.62. The van der Waals surface area contributed by atoms with Gasteiger partial charge in [0.15, 0.2) is 0 Å². The lowest BCUT2D eigenvalue weighted by Crippen LogP contribution is -2.06. The fraction of sp³-hybridized carbons (Fsp3) is 0.400. The summed E-state index contributed by atoms with van der Waals surface area (Å²) in [5.74, 6) is -0.281. The molecular formula is C10H10F4S. The number of halogens is 4. The van der Waals surface area contributed by atoms with Crippen molar-refractivity contribution in [2.75, 3.05) is 5.75 Å². The topological polar surface area (TPSA) is 0 Å². The van der Waals surface area contributed by atoms with Crippen molar-refractivity contribution in [2.45, 2.75) is 19.0 Å². The molecule has 1 aromatic carbocycles. The zero-order valence-corrected chi connectivity index (χ0v) is 8.71. The molecule has 5 heteroatoms. The molecule has 0 fully saturated rings. The minimum Gasteiger partial charge on any atom is -0.207 e. The Kier molecular flexibility index (Phi) is 4.02. The van der Waals surface area contributed by atoms with Gasteiger partial charge >= 0.3 is 6.18 Å². The SMILES string of the molecule is Fc1cc(CCCS)cc(C(F)(F)F)c1. The van der Waals surface area contributed by atoms with E-state index in [2.05, 4.69) is 12.6 Å². The highest BCUT2D eigenvalue weighted by atomic mass is 32.1. The third-order valence-electron chi connectivity index (χ3n) is 1.91. The van der Waals surface area contributed by atoms with Gasteiger partial charge in [0.1, 0.15) is 5.82 Å². The molecular weight excluding hydrogens is 228 g/mol. The van der Waals surface area contributed by atoms with Gasteiger partial charge in [-0.1, -0.05) is 0 Å². The molecule has 15 heavy (non-hydrogen) atoms. The Balaban J connectivity index is 2.95.